The summed E-state index contributed by atoms with van der Waals surface area (Å²) in [6.07, 6.45) is 26.4. The van der Waals surface area contributed by atoms with Crippen molar-refractivity contribution in [1.82, 2.24) is 0 Å². The van der Waals surface area contributed by atoms with Crippen molar-refractivity contribution in [2.45, 2.75) is 155 Å². The van der Waals surface area contributed by atoms with Crippen LogP contribution >= 0.6 is 11.8 Å². The average Bonchev–Trinajstić information content (AvgIpc) is 2.91. The normalized spacial score (nSPS) is 20.4. The lowest BCUT2D eigenvalue weighted by Crippen LogP contribution is -2.08. The van der Waals surface area contributed by atoms with Crippen LogP contribution in [0.5, 0.6) is 0 Å². The molecule has 2 aliphatic carbocycles. The highest BCUT2D eigenvalue weighted by molar-refractivity contribution is 6.19. The number of halogens is 1. The highest BCUT2D eigenvalue weighted by atomic mass is 35.5. The van der Waals surface area contributed by atoms with Gasteiger partial charge >= 0.3 is 12.0 Å². The lowest BCUT2D eigenvalue weighted by Gasteiger charge is -2.09. The van der Waals surface area contributed by atoms with Crippen LogP contribution in [0.2, 0.25) is 0 Å². The molecule has 7 nitrogen and oxygen atoms in total. The number of amidine groups is 2. The summed E-state index contributed by atoms with van der Waals surface area (Å²) in [7, 11) is 0. The minimum atomic E-state index is -0.119. The molecule has 0 bridgehead atoms. The highest BCUT2D eigenvalue weighted by Gasteiger charge is 2.09. The first-order valence-electron chi connectivity index (χ1n) is 15.0. The highest BCUT2D eigenvalue weighted by Crippen LogP contribution is 2.17. The van der Waals surface area contributed by atoms with Crippen LogP contribution < -0.4 is 0 Å². The fraction of sp³-hybridized carbons (Fsp3) is 0.828. The number of nitrogens with zero attached hydrogens (tertiary/aromatic N) is 5. The van der Waals surface area contributed by atoms with Crippen LogP contribution in [0.1, 0.15) is 155 Å². The third-order valence-electron chi connectivity index (χ3n) is 6.77. The Morgan fingerprint density at radius 1 is 0.541 bits per heavy atom. The van der Waals surface area contributed by atoms with E-state index in [2.05, 4.69) is 31.5 Å². The lowest BCUT2D eigenvalue weighted by atomic mass is 10.00. The molecule has 0 atom stereocenters. The Bertz CT molecular complexity index is 678. The van der Waals surface area contributed by atoms with Gasteiger partial charge in [-0.3, -0.25) is 0 Å². The van der Waals surface area contributed by atoms with Crippen molar-refractivity contribution in [2.75, 3.05) is 0 Å². The molecule has 0 saturated heterocycles. The summed E-state index contributed by atoms with van der Waals surface area (Å²) in [5.74, 6) is 0. The first-order valence-corrected chi connectivity index (χ1v) is 15.4. The standard InChI is InChI=1S/C27H46ClN5O2.C2H6/c1-29-26(34-32-24-20-16-12-8-4-2-5-9-13-17-21-24)30-27(31-28)35-33-25-22-18-14-10-6-3-7-11-15-19-23-25;1-2/h1-23H2;1-2H3/b30-26+,31-27+;. The minimum absolute atomic E-state index is 0.0399. The monoisotopic (exact) mass is 537 g/mol. The zero-order valence-corrected chi connectivity index (χ0v) is 24.4. The number of aliphatic imine (C=N–C) groups is 2. The molecule has 2 rings (SSSR count). The number of oxime groups is 2. The topological polar surface area (TPSA) is 80.3 Å². The van der Waals surface area contributed by atoms with Crippen molar-refractivity contribution >= 4 is 42.0 Å². The summed E-state index contributed by atoms with van der Waals surface area (Å²) in [5.41, 5.74) is 2.07. The van der Waals surface area contributed by atoms with Crippen molar-refractivity contribution in [3.8, 4) is 0 Å². The van der Waals surface area contributed by atoms with Gasteiger partial charge in [0.25, 0.3) is 0 Å². The van der Waals surface area contributed by atoms with Gasteiger partial charge in [-0.25, -0.2) is 4.99 Å². The molecule has 0 unspecified atom stereocenters. The first kappa shape index (κ1) is 33.3. The molecule has 212 valence electrons. The van der Waals surface area contributed by atoms with Crippen LogP contribution in [-0.4, -0.2) is 30.2 Å². The van der Waals surface area contributed by atoms with Crippen molar-refractivity contribution in [1.29, 1.82) is 0 Å². The SMILES string of the molecule is C=N/C(=N\C(=N/Cl)ON=C1CCCCCCCCCCC1)ON=C1CCCCCCCCCCC1.CC. The van der Waals surface area contributed by atoms with Crippen molar-refractivity contribution in [2.24, 2.45) is 24.8 Å². The second-order valence-electron chi connectivity index (χ2n) is 9.78. The summed E-state index contributed by atoms with van der Waals surface area (Å²) in [5, 5.41) is 8.66. The summed E-state index contributed by atoms with van der Waals surface area (Å²) < 4.78 is 3.58. The third-order valence-corrected chi connectivity index (χ3v) is 6.92. The van der Waals surface area contributed by atoms with Gasteiger partial charge in [0.05, 0.1) is 11.4 Å². The lowest BCUT2D eigenvalue weighted by molar-refractivity contribution is 0.305. The van der Waals surface area contributed by atoms with E-state index in [9.17, 15) is 0 Å². The molecule has 0 spiro atoms. The predicted octanol–water partition coefficient (Wildman–Crippen LogP) is 9.93. The maximum Gasteiger partial charge on any atom is 0.362 e. The number of rotatable bonds is 2. The Balaban J connectivity index is 0.00000334. The van der Waals surface area contributed by atoms with Crippen molar-refractivity contribution < 1.29 is 9.68 Å². The molecule has 0 amide bonds. The molecule has 0 N–H and O–H groups in total. The van der Waals surface area contributed by atoms with Crippen molar-refractivity contribution in [3.05, 3.63) is 0 Å². The van der Waals surface area contributed by atoms with E-state index < -0.39 is 0 Å². The van der Waals surface area contributed by atoms with E-state index >= 15 is 0 Å². The molecular weight excluding hydrogens is 486 g/mol. The smallest absolute Gasteiger partial charge is 0.315 e. The average molecular weight is 538 g/mol. The molecule has 2 fully saturated rings. The molecular formula is C29H52ClN5O2. The van der Waals surface area contributed by atoms with Gasteiger partial charge in [-0.15, -0.1) is 9.50 Å². The molecule has 2 aliphatic rings. The van der Waals surface area contributed by atoms with Gasteiger partial charge in [0.1, 0.15) is 0 Å². The summed E-state index contributed by atoms with van der Waals surface area (Å²) in [6, 6.07) is -0.159. The Kier molecular flexibility index (Phi) is 22.1. The summed E-state index contributed by atoms with van der Waals surface area (Å²) in [4.78, 5) is 19.0. The van der Waals surface area contributed by atoms with E-state index in [1.807, 2.05) is 13.8 Å². The molecule has 0 aromatic carbocycles. The van der Waals surface area contributed by atoms with E-state index in [0.717, 1.165) is 62.8 Å². The molecule has 0 aliphatic heterocycles. The Hall–Kier alpha value is -1.76. The van der Waals surface area contributed by atoms with Crippen molar-refractivity contribution in [3.63, 3.8) is 0 Å². The van der Waals surface area contributed by atoms with Crippen LogP contribution in [0.3, 0.4) is 0 Å². The maximum absolute atomic E-state index is 5.72. The number of hydrogen-bond donors (Lipinski definition) is 0. The minimum Gasteiger partial charge on any atom is -0.315 e. The van der Waals surface area contributed by atoms with Crippen LogP contribution in [-0.2, 0) is 9.68 Å². The van der Waals surface area contributed by atoms with Gasteiger partial charge in [-0.2, -0.15) is 0 Å². The van der Waals surface area contributed by atoms with Gasteiger partial charge in [0.2, 0.25) is 0 Å². The largest absolute Gasteiger partial charge is 0.362 e. The Labute approximate surface area is 231 Å². The molecule has 0 radical (unpaired) electrons. The van der Waals surface area contributed by atoms with Crippen LogP contribution in [0.4, 0.5) is 0 Å². The fourth-order valence-electron chi connectivity index (χ4n) is 4.66. The van der Waals surface area contributed by atoms with Crippen LogP contribution in [0.25, 0.3) is 0 Å². The molecule has 8 heteroatoms. The van der Waals surface area contributed by atoms with Gasteiger partial charge < -0.3 is 9.68 Å². The summed E-state index contributed by atoms with van der Waals surface area (Å²) >= 11 is 5.72. The molecule has 0 aromatic heterocycles. The maximum atomic E-state index is 5.72. The molecule has 2 saturated carbocycles. The van der Waals surface area contributed by atoms with E-state index in [4.69, 9.17) is 21.5 Å². The second kappa shape index (κ2) is 24.6. The van der Waals surface area contributed by atoms with Gasteiger partial charge in [-0.1, -0.05) is 114 Å². The van der Waals surface area contributed by atoms with Crippen LogP contribution in [0, 0.1) is 0 Å². The van der Waals surface area contributed by atoms with Crippen LogP contribution in [0.15, 0.2) is 24.8 Å². The zero-order chi connectivity index (χ0) is 26.8. The third kappa shape index (κ3) is 18.2. The second-order valence-corrected chi connectivity index (χ2v) is 9.95. The van der Waals surface area contributed by atoms with E-state index in [1.165, 1.54) is 89.9 Å². The first-order chi connectivity index (χ1) is 18.3. The van der Waals surface area contributed by atoms with Gasteiger partial charge in [0.15, 0.2) is 0 Å². The fourth-order valence-corrected chi connectivity index (χ4v) is 4.72. The summed E-state index contributed by atoms with van der Waals surface area (Å²) in [6.45, 7) is 7.54. The van der Waals surface area contributed by atoms with Gasteiger partial charge in [0, 0.05) is 11.8 Å². The predicted molar refractivity (Wildman–Crippen MR) is 160 cm³/mol. The number of hydrogen-bond acceptors (Lipinski definition) is 5. The Morgan fingerprint density at radius 3 is 1.14 bits per heavy atom. The molecule has 0 aromatic rings. The molecule has 0 heterocycles. The van der Waals surface area contributed by atoms with E-state index in [-0.39, 0.29) is 12.0 Å². The van der Waals surface area contributed by atoms with Gasteiger partial charge in [-0.05, 0) is 58.1 Å². The zero-order valence-electron chi connectivity index (χ0n) is 23.7. The van der Waals surface area contributed by atoms with E-state index in [1.54, 1.807) is 0 Å². The molecule has 37 heavy (non-hydrogen) atoms. The Morgan fingerprint density at radius 2 is 0.838 bits per heavy atom. The quantitative estimate of drug-likeness (QED) is 0.199. The van der Waals surface area contributed by atoms with E-state index in [0.29, 0.717) is 0 Å².